The first kappa shape index (κ1) is 15.6. The summed E-state index contributed by atoms with van der Waals surface area (Å²) in [5.74, 6) is 0.907. The van der Waals surface area contributed by atoms with Gasteiger partial charge in [-0.25, -0.2) is 0 Å². The fourth-order valence-corrected chi connectivity index (χ4v) is 2.38. The van der Waals surface area contributed by atoms with Gasteiger partial charge in [0, 0.05) is 24.7 Å². The van der Waals surface area contributed by atoms with Crippen LogP contribution in [-0.4, -0.2) is 25.1 Å². The van der Waals surface area contributed by atoms with Crippen LogP contribution in [0.1, 0.15) is 30.5 Å². The number of nitrogens with zero attached hydrogens (tertiary/aromatic N) is 1. The molecule has 21 heavy (non-hydrogen) atoms. The third kappa shape index (κ3) is 4.34. The maximum Gasteiger partial charge on any atom is 0.119 e. The van der Waals surface area contributed by atoms with E-state index in [-0.39, 0.29) is 6.04 Å². The molecule has 4 heteroatoms. The van der Waals surface area contributed by atoms with E-state index < -0.39 is 0 Å². The Balaban J connectivity index is 2.08. The Bertz CT molecular complexity index is 525. The first-order chi connectivity index (χ1) is 10.2. The molecule has 1 heterocycles. The van der Waals surface area contributed by atoms with Crippen molar-refractivity contribution in [1.29, 1.82) is 0 Å². The minimum absolute atomic E-state index is 0.157. The summed E-state index contributed by atoms with van der Waals surface area (Å²) >= 11 is 0. The molecule has 1 unspecified atom stereocenters. The molecule has 2 aromatic rings. The SMILES string of the molecule is CCCOc1cccc(C(CN)N(C)Cc2ccoc2)c1. The highest BCUT2D eigenvalue weighted by molar-refractivity contribution is 5.31. The largest absolute Gasteiger partial charge is 0.494 e. The highest BCUT2D eigenvalue weighted by Gasteiger charge is 2.16. The van der Waals surface area contributed by atoms with Crippen LogP contribution in [0.15, 0.2) is 47.3 Å². The number of ether oxygens (including phenoxy) is 1. The van der Waals surface area contributed by atoms with Crippen LogP contribution in [0.4, 0.5) is 0 Å². The lowest BCUT2D eigenvalue weighted by molar-refractivity contribution is 0.240. The van der Waals surface area contributed by atoms with Gasteiger partial charge in [0.15, 0.2) is 0 Å². The summed E-state index contributed by atoms with van der Waals surface area (Å²) < 4.78 is 10.8. The van der Waals surface area contributed by atoms with Crippen LogP contribution < -0.4 is 10.5 Å². The summed E-state index contributed by atoms with van der Waals surface area (Å²) in [5, 5.41) is 0. The molecule has 0 spiro atoms. The Kier molecular flexibility index (Phi) is 5.84. The van der Waals surface area contributed by atoms with Gasteiger partial charge in [0.05, 0.1) is 19.1 Å². The van der Waals surface area contributed by atoms with E-state index in [4.69, 9.17) is 14.9 Å². The molecule has 1 aromatic heterocycles. The molecule has 1 aromatic carbocycles. The van der Waals surface area contributed by atoms with Gasteiger partial charge in [0.2, 0.25) is 0 Å². The highest BCUT2D eigenvalue weighted by Crippen LogP contribution is 2.24. The Morgan fingerprint density at radius 2 is 2.19 bits per heavy atom. The first-order valence-corrected chi connectivity index (χ1v) is 7.38. The fraction of sp³-hybridized carbons (Fsp3) is 0.412. The lowest BCUT2D eigenvalue weighted by Gasteiger charge is -2.27. The molecule has 0 aliphatic carbocycles. The third-order valence-corrected chi connectivity index (χ3v) is 3.48. The van der Waals surface area contributed by atoms with Gasteiger partial charge >= 0.3 is 0 Å². The number of nitrogens with two attached hydrogens (primary N) is 1. The van der Waals surface area contributed by atoms with Crippen molar-refractivity contribution < 1.29 is 9.15 Å². The van der Waals surface area contributed by atoms with Crippen molar-refractivity contribution >= 4 is 0 Å². The number of likely N-dealkylation sites (N-methyl/N-ethyl adjacent to an activating group) is 1. The molecule has 0 bridgehead atoms. The van der Waals surface area contributed by atoms with Gasteiger partial charge in [-0.05, 0) is 37.2 Å². The molecular weight excluding hydrogens is 264 g/mol. The van der Waals surface area contributed by atoms with Gasteiger partial charge in [0.25, 0.3) is 0 Å². The van der Waals surface area contributed by atoms with E-state index in [1.807, 2.05) is 18.2 Å². The second-order valence-electron chi connectivity index (χ2n) is 5.22. The molecule has 0 aliphatic heterocycles. The molecule has 0 amide bonds. The van der Waals surface area contributed by atoms with Crippen LogP contribution in [0.25, 0.3) is 0 Å². The fourth-order valence-electron chi connectivity index (χ4n) is 2.38. The average molecular weight is 288 g/mol. The molecule has 0 aliphatic rings. The summed E-state index contributed by atoms with van der Waals surface area (Å²) in [6, 6.07) is 10.3. The van der Waals surface area contributed by atoms with Crippen molar-refractivity contribution in [1.82, 2.24) is 4.90 Å². The molecule has 4 nitrogen and oxygen atoms in total. The summed E-state index contributed by atoms with van der Waals surface area (Å²) in [7, 11) is 2.07. The van der Waals surface area contributed by atoms with E-state index in [1.54, 1.807) is 12.5 Å². The minimum atomic E-state index is 0.157. The third-order valence-electron chi connectivity index (χ3n) is 3.48. The van der Waals surface area contributed by atoms with Gasteiger partial charge in [0.1, 0.15) is 5.75 Å². The zero-order valence-electron chi connectivity index (χ0n) is 12.8. The van der Waals surface area contributed by atoms with Crippen LogP contribution in [0, 0.1) is 0 Å². The van der Waals surface area contributed by atoms with Crippen molar-refractivity contribution in [3.05, 3.63) is 54.0 Å². The van der Waals surface area contributed by atoms with E-state index in [0.717, 1.165) is 30.9 Å². The molecule has 0 fully saturated rings. The molecule has 0 radical (unpaired) electrons. The molecule has 1 atom stereocenters. The average Bonchev–Trinajstić information content (AvgIpc) is 2.99. The van der Waals surface area contributed by atoms with E-state index in [9.17, 15) is 0 Å². The van der Waals surface area contributed by atoms with E-state index >= 15 is 0 Å². The van der Waals surface area contributed by atoms with Crippen molar-refractivity contribution in [2.75, 3.05) is 20.2 Å². The summed E-state index contributed by atoms with van der Waals surface area (Å²) in [6.07, 6.45) is 4.47. The van der Waals surface area contributed by atoms with Gasteiger partial charge in [-0.1, -0.05) is 19.1 Å². The Hall–Kier alpha value is -1.78. The number of rotatable bonds is 8. The summed E-state index contributed by atoms with van der Waals surface area (Å²) in [4.78, 5) is 2.23. The first-order valence-electron chi connectivity index (χ1n) is 7.38. The number of hydrogen-bond donors (Lipinski definition) is 1. The monoisotopic (exact) mass is 288 g/mol. The van der Waals surface area contributed by atoms with Gasteiger partial charge in [-0.2, -0.15) is 0 Å². The number of hydrogen-bond acceptors (Lipinski definition) is 4. The predicted octanol–water partition coefficient (Wildman–Crippen LogP) is 3.20. The second kappa shape index (κ2) is 7.86. The Labute approximate surface area is 126 Å². The zero-order chi connectivity index (χ0) is 15.1. The van der Waals surface area contributed by atoms with E-state index in [2.05, 4.69) is 31.0 Å². The second-order valence-corrected chi connectivity index (χ2v) is 5.22. The van der Waals surface area contributed by atoms with Gasteiger partial charge in [-0.15, -0.1) is 0 Å². The molecule has 2 N–H and O–H groups in total. The van der Waals surface area contributed by atoms with Crippen molar-refractivity contribution in [2.24, 2.45) is 5.73 Å². The molecular formula is C17H24N2O2. The number of furan rings is 1. The maximum atomic E-state index is 5.98. The lowest BCUT2D eigenvalue weighted by atomic mass is 10.0. The highest BCUT2D eigenvalue weighted by atomic mass is 16.5. The van der Waals surface area contributed by atoms with Crippen LogP contribution in [-0.2, 0) is 6.54 Å². The zero-order valence-corrected chi connectivity index (χ0v) is 12.8. The minimum Gasteiger partial charge on any atom is -0.494 e. The predicted molar refractivity (Wildman–Crippen MR) is 84.2 cm³/mol. The molecule has 114 valence electrons. The van der Waals surface area contributed by atoms with Crippen molar-refractivity contribution in [3.63, 3.8) is 0 Å². The van der Waals surface area contributed by atoms with E-state index in [0.29, 0.717) is 6.54 Å². The quantitative estimate of drug-likeness (QED) is 0.810. The summed E-state index contributed by atoms with van der Waals surface area (Å²) in [5.41, 5.74) is 8.30. The smallest absolute Gasteiger partial charge is 0.119 e. The molecule has 0 saturated heterocycles. The van der Waals surface area contributed by atoms with Gasteiger partial charge in [-0.3, -0.25) is 4.90 Å². The standard InChI is InChI=1S/C17H24N2O2/c1-3-8-21-16-6-4-5-15(10-16)17(11-18)19(2)12-14-7-9-20-13-14/h4-7,9-10,13,17H,3,8,11-12,18H2,1-2H3. The van der Waals surface area contributed by atoms with Crippen LogP contribution in [0.3, 0.4) is 0 Å². The van der Waals surface area contributed by atoms with Crippen LogP contribution >= 0.6 is 0 Å². The lowest BCUT2D eigenvalue weighted by Crippen LogP contribution is -2.30. The molecule has 2 rings (SSSR count). The van der Waals surface area contributed by atoms with Crippen molar-refractivity contribution in [3.8, 4) is 5.75 Å². The Morgan fingerprint density at radius 3 is 2.86 bits per heavy atom. The van der Waals surface area contributed by atoms with Crippen LogP contribution in [0.5, 0.6) is 5.75 Å². The summed E-state index contributed by atoms with van der Waals surface area (Å²) in [6.45, 7) is 4.21. The van der Waals surface area contributed by atoms with Gasteiger partial charge < -0.3 is 14.9 Å². The van der Waals surface area contributed by atoms with Crippen LogP contribution in [0.2, 0.25) is 0 Å². The maximum absolute atomic E-state index is 5.98. The topological polar surface area (TPSA) is 51.6 Å². The van der Waals surface area contributed by atoms with Crippen molar-refractivity contribution in [2.45, 2.75) is 25.9 Å². The normalized spacial score (nSPS) is 12.6. The van der Waals surface area contributed by atoms with E-state index in [1.165, 1.54) is 5.56 Å². The molecule has 0 saturated carbocycles. The number of benzene rings is 1. The Morgan fingerprint density at radius 1 is 1.33 bits per heavy atom.